The van der Waals surface area contributed by atoms with E-state index in [9.17, 15) is 0 Å². The normalized spacial score (nSPS) is 14.4. The average molecular weight is 265 g/mol. The lowest BCUT2D eigenvalue weighted by Crippen LogP contribution is -2.35. The molecule has 6 heteroatoms. The Morgan fingerprint density at radius 2 is 1.94 bits per heavy atom. The second-order valence-corrected chi connectivity index (χ2v) is 11.4. The summed E-state index contributed by atoms with van der Waals surface area (Å²) in [5, 5.41) is 17.6. The van der Waals surface area contributed by atoms with Crippen LogP contribution >= 0.6 is 0 Å². The molecule has 0 aliphatic carbocycles. The van der Waals surface area contributed by atoms with Crippen molar-refractivity contribution < 1.29 is 19.1 Å². The summed E-state index contributed by atoms with van der Waals surface area (Å²) in [5.74, 6) is 0. The molecule has 0 spiro atoms. The molecule has 0 aromatic heterocycles. The standard InChI is InChI=1S/C10H25O4Si2/c1-15(2)14-16(3,4)7-5-6-13-9-10(12)8-11/h10-12H,5-9H2,1-4H3. The van der Waals surface area contributed by atoms with Crippen LogP contribution in [0.3, 0.4) is 0 Å². The van der Waals surface area contributed by atoms with E-state index in [4.69, 9.17) is 19.1 Å². The van der Waals surface area contributed by atoms with Gasteiger partial charge in [0.05, 0.1) is 13.2 Å². The molecule has 1 radical (unpaired) electrons. The summed E-state index contributed by atoms with van der Waals surface area (Å²) in [7, 11) is -2.10. The van der Waals surface area contributed by atoms with Crippen LogP contribution in [0, 0.1) is 0 Å². The second-order valence-electron chi connectivity index (χ2n) is 4.78. The molecule has 1 unspecified atom stereocenters. The minimum absolute atomic E-state index is 0.218. The Morgan fingerprint density at radius 3 is 2.44 bits per heavy atom. The zero-order valence-corrected chi connectivity index (χ0v) is 12.8. The number of rotatable bonds is 9. The number of aliphatic hydroxyl groups excluding tert-OH is 2. The maximum absolute atomic E-state index is 9.05. The summed E-state index contributed by atoms with van der Waals surface area (Å²) in [6, 6.07) is 1.08. The summed E-state index contributed by atoms with van der Waals surface area (Å²) in [6.45, 7) is 9.39. The van der Waals surface area contributed by atoms with Crippen LogP contribution in [0.4, 0.5) is 0 Å². The Morgan fingerprint density at radius 1 is 1.31 bits per heavy atom. The lowest BCUT2D eigenvalue weighted by atomic mass is 10.4. The van der Waals surface area contributed by atoms with Crippen LogP contribution in [0.1, 0.15) is 6.42 Å². The number of ether oxygens (including phenoxy) is 1. The van der Waals surface area contributed by atoms with Crippen LogP contribution in [0.15, 0.2) is 0 Å². The van der Waals surface area contributed by atoms with Crippen molar-refractivity contribution in [3.05, 3.63) is 0 Å². The number of hydrogen-bond acceptors (Lipinski definition) is 4. The van der Waals surface area contributed by atoms with E-state index >= 15 is 0 Å². The molecule has 0 aliphatic heterocycles. The van der Waals surface area contributed by atoms with Crippen LogP contribution in [-0.4, -0.2) is 53.5 Å². The molecule has 0 saturated heterocycles. The predicted molar refractivity (Wildman–Crippen MR) is 69.4 cm³/mol. The smallest absolute Gasteiger partial charge is 0.191 e. The highest BCUT2D eigenvalue weighted by atomic mass is 28.4. The maximum Gasteiger partial charge on any atom is 0.191 e. The largest absolute Gasteiger partial charge is 0.456 e. The van der Waals surface area contributed by atoms with Gasteiger partial charge < -0.3 is 19.1 Å². The molecule has 16 heavy (non-hydrogen) atoms. The molecule has 0 aromatic rings. The van der Waals surface area contributed by atoms with Gasteiger partial charge >= 0.3 is 0 Å². The Hall–Kier alpha value is 0.274. The van der Waals surface area contributed by atoms with Crippen molar-refractivity contribution in [3.63, 3.8) is 0 Å². The first-order valence-corrected chi connectivity index (χ1v) is 11.3. The van der Waals surface area contributed by atoms with Gasteiger partial charge in [0, 0.05) is 6.61 Å². The van der Waals surface area contributed by atoms with Crippen LogP contribution in [-0.2, 0) is 8.85 Å². The average Bonchev–Trinajstić information content (AvgIpc) is 2.14. The van der Waals surface area contributed by atoms with Crippen LogP contribution < -0.4 is 0 Å². The van der Waals surface area contributed by atoms with Gasteiger partial charge in [0.25, 0.3) is 0 Å². The molecule has 0 heterocycles. The van der Waals surface area contributed by atoms with E-state index < -0.39 is 23.5 Å². The topological polar surface area (TPSA) is 58.9 Å². The van der Waals surface area contributed by atoms with Crippen molar-refractivity contribution in [1.82, 2.24) is 0 Å². The van der Waals surface area contributed by atoms with E-state index in [1.165, 1.54) is 0 Å². The molecule has 0 aliphatic rings. The van der Waals surface area contributed by atoms with E-state index in [1.807, 2.05) is 0 Å². The third kappa shape index (κ3) is 9.50. The highest BCUT2D eigenvalue weighted by molar-refractivity contribution is 6.77. The molecule has 4 nitrogen and oxygen atoms in total. The zero-order valence-electron chi connectivity index (χ0n) is 10.8. The predicted octanol–water partition coefficient (Wildman–Crippen LogP) is 1.22. The van der Waals surface area contributed by atoms with Crippen LogP contribution in [0.2, 0.25) is 32.2 Å². The minimum atomic E-state index is -1.50. The SMILES string of the molecule is C[Si](C)O[Si](C)(C)CCCOCC(O)CO. The third-order valence-electron chi connectivity index (χ3n) is 2.07. The Bertz CT molecular complexity index is 176. The van der Waals surface area contributed by atoms with E-state index in [0.29, 0.717) is 6.61 Å². The van der Waals surface area contributed by atoms with Crippen molar-refractivity contribution in [1.29, 1.82) is 0 Å². The highest BCUT2D eigenvalue weighted by Gasteiger charge is 2.23. The van der Waals surface area contributed by atoms with Crippen molar-refractivity contribution >= 4 is 17.4 Å². The lowest BCUT2D eigenvalue weighted by Gasteiger charge is -2.25. The summed E-state index contributed by atoms with van der Waals surface area (Å²) >= 11 is 0. The fourth-order valence-electron chi connectivity index (χ4n) is 1.48. The zero-order chi connectivity index (χ0) is 12.6. The first kappa shape index (κ1) is 16.3. The van der Waals surface area contributed by atoms with Gasteiger partial charge in [0.1, 0.15) is 6.10 Å². The van der Waals surface area contributed by atoms with Gasteiger partial charge in [-0.05, 0) is 38.7 Å². The molecule has 2 N–H and O–H groups in total. The highest BCUT2D eigenvalue weighted by Crippen LogP contribution is 2.14. The van der Waals surface area contributed by atoms with Crippen molar-refractivity contribution in [3.8, 4) is 0 Å². The van der Waals surface area contributed by atoms with E-state index in [0.717, 1.165) is 12.5 Å². The van der Waals surface area contributed by atoms with Crippen molar-refractivity contribution in [2.45, 2.75) is 44.8 Å². The van der Waals surface area contributed by atoms with Gasteiger partial charge in [0.2, 0.25) is 0 Å². The van der Waals surface area contributed by atoms with Gasteiger partial charge in [-0.2, -0.15) is 0 Å². The van der Waals surface area contributed by atoms with E-state index in [-0.39, 0.29) is 13.2 Å². The molecule has 1 atom stereocenters. The van der Waals surface area contributed by atoms with Gasteiger partial charge in [-0.25, -0.2) is 0 Å². The van der Waals surface area contributed by atoms with E-state index in [2.05, 4.69) is 26.2 Å². The summed E-state index contributed by atoms with van der Waals surface area (Å²) in [5.41, 5.74) is 0. The summed E-state index contributed by atoms with van der Waals surface area (Å²) < 4.78 is 11.2. The van der Waals surface area contributed by atoms with Crippen LogP contribution in [0.5, 0.6) is 0 Å². The minimum Gasteiger partial charge on any atom is -0.456 e. The van der Waals surface area contributed by atoms with Crippen molar-refractivity contribution in [2.75, 3.05) is 19.8 Å². The Labute approximate surface area is 101 Å². The molecule has 0 bridgehead atoms. The van der Waals surface area contributed by atoms with Crippen molar-refractivity contribution in [2.24, 2.45) is 0 Å². The summed E-state index contributed by atoms with van der Waals surface area (Å²) in [6.07, 6.45) is 0.217. The molecule has 0 aromatic carbocycles. The first-order chi connectivity index (χ1) is 7.37. The third-order valence-corrected chi connectivity index (χ3v) is 7.47. The molecule has 97 valence electrons. The van der Waals surface area contributed by atoms with E-state index in [1.54, 1.807) is 0 Å². The fourth-order valence-corrected chi connectivity index (χ4v) is 7.30. The fraction of sp³-hybridized carbons (Fsp3) is 1.00. The quantitative estimate of drug-likeness (QED) is 0.486. The number of aliphatic hydroxyl groups is 2. The number of hydrogen-bond donors (Lipinski definition) is 2. The van der Waals surface area contributed by atoms with Gasteiger partial charge in [-0.1, -0.05) is 0 Å². The molecule has 0 saturated carbocycles. The molecular weight excluding hydrogens is 240 g/mol. The summed E-state index contributed by atoms with van der Waals surface area (Å²) in [4.78, 5) is 0. The van der Waals surface area contributed by atoms with Gasteiger partial charge in [0.15, 0.2) is 17.4 Å². The lowest BCUT2D eigenvalue weighted by molar-refractivity contribution is 0.00639. The van der Waals surface area contributed by atoms with Gasteiger partial charge in [-0.15, -0.1) is 0 Å². The van der Waals surface area contributed by atoms with Crippen LogP contribution in [0.25, 0.3) is 0 Å². The van der Waals surface area contributed by atoms with Gasteiger partial charge in [-0.3, -0.25) is 0 Å². The second kappa shape index (κ2) is 8.38. The Kier molecular flexibility index (Phi) is 8.52. The first-order valence-electron chi connectivity index (χ1n) is 5.73. The monoisotopic (exact) mass is 265 g/mol. The maximum atomic E-state index is 9.05. The molecule has 0 rings (SSSR count). The molecular formula is C10H25O4Si2. The molecule has 0 fully saturated rings. The molecule has 0 amide bonds. The Balaban J connectivity index is 3.50.